The maximum absolute atomic E-state index is 13.1. The summed E-state index contributed by atoms with van der Waals surface area (Å²) in [6.07, 6.45) is 2.92. The molecule has 0 bridgehead atoms. The molecule has 1 fully saturated rings. The van der Waals surface area contributed by atoms with E-state index in [1.54, 1.807) is 12.1 Å². The van der Waals surface area contributed by atoms with E-state index in [0.29, 0.717) is 5.82 Å². The predicted octanol–water partition coefficient (Wildman–Crippen LogP) is 2.77. The zero-order valence-corrected chi connectivity index (χ0v) is 12.8. The number of rotatable bonds is 4. The fourth-order valence-corrected chi connectivity index (χ4v) is 2.75. The first-order valence-electron chi connectivity index (χ1n) is 7.80. The van der Waals surface area contributed by atoms with Crippen LogP contribution in [0.2, 0.25) is 0 Å². The fraction of sp³-hybridized carbons (Fsp3) is 0.412. The highest BCUT2D eigenvalue weighted by Gasteiger charge is 2.21. The highest BCUT2D eigenvalue weighted by atomic mass is 19.1. The number of nitrogens with two attached hydrogens (primary N) is 1. The normalized spacial score (nSPS) is 18.0. The molecule has 1 saturated heterocycles. The van der Waals surface area contributed by atoms with Gasteiger partial charge in [0.25, 0.3) is 0 Å². The summed E-state index contributed by atoms with van der Waals surface area (Å²) in [4.78, 5) is 11.5. The molecule has 0 radical (unpaired) electrons. The Morgan fingerprint density at radius 2 is 2.05 bits per heavy atom. The number of aromatic nitrogens is 2. The van der Waals surface area contributed by atoms with Crippen molar-refractivity contribution in [1.82, 2.24) is 9.97 Å². The summed E-state index contributed by atoms with van der Waals surface area (Å²) in [7, 11) is 0. The summed E-state index contributed by atoms with van der Waals surface area (Å²) in [6.45, 7) is 3.88. The Morgan fingerprint density at radius 3 is 2.68 bits per heavy atom. The summed E-state index contributed by atoms with van der Waals surface area (Å²) >= 11 is 0. The van der Waals surface area contributed by atoms with Crippen LogP contribution < -0.4 is 10.6 Å². The van der Waals surface area contributed by atoms with Gasteiger partial charge in [0.15, 0.2) is 5.82 Å². The first-order valence-corrected chi connectivity index (χ1v) is 7.80. The average Bonchev–Trinajstić information content (AvgIpc) is 2.95. The van der Waals surface area contributed by atoms with E-state index >= 15 is 0 Å². The van der Waals surface area contributed by atoms with Crippen molar-refractivity contribution >= 4 is 5.82 Å². The van der Waals surface area contributed by atoms with Crippen molar-refractivity contribution in [3.63, 3.8) is 0 Å². The van der Waals surface area contributed by atoms with E-state index < -0.39 is 0 Å². The average molecular weight is 300 g/mol. The molecule has 0 aliphatic carbocycles. The zero-order valence-electron chi connectivity index (χ0n) is 12.8. The van der Waals surface area contributed by atoms with Crippen LogP contribution in [0.4, 0.5) is 10.2 Å². The topological polar surface area (TPSA) is 55.0 Å². The highest BCUT2D eigenvalue weighted by molar-refractivity contribution is 5.58. The predicted molar refractivity (Wildman–Crippen MR) is 86.2 cm³/mol. The van der Waals surface area contributed by atoms with Crippen molar-refractivity contribution in [2.24, 2.45) is 5.73 Å². The van der Waals surface area contributed by atoms with Gasteiger partial charge < -0.3 is 10.6 Å². The zero-order chi connectivity index (χ0) is 15.5. The van der Waals surface area contributed by atoms with E-state index in [1.807, 2.05) is 0 Å². The third-order valence-corrected chi connectivity index (χ3v) is 3.92. The van der Waals surface area contributed by atoms with Gasteiger partial charge in [-0.15, -0.1) is 0 Å². The van der Waals surface area contributed by atoms with Gasteiger partial charge in [-0.1, -0.05) is 13.3 Å². The van der Waals surface area contributed by atoms with Gasteiger partial charge in [-0.25, -0.2) is 14.4 Å². The maximum atomic E-state index is 13.1. The van der Waals surface area contributed by atoms with Gasteiger partial charge in [-0.05, 0) is 37.1 Å². The molecule has 116 valence electrons. The molecule has 1 aromatic carbocycles. The molecule has 5 heteroatoms. The van der Waals surface area contributed by atoms with Crippen LogP contribution in [0, 0.1) is 5.82 Å². The molecule has 1 atom stereocenters. The summed E-state index contributed by atoms with van der Waals surface area (Å²) in [5.74, 6) is 1.33. The lowest BCUT2D eigenvalue weighted by atomic mass is 10.2. The first-order chi connectivity index (χ1) is 10.7. The second kappa shape index (κ2) is 6.40. The highest BCUT2D eigenvalue weighted by Crippen LogP contribution is 2.23. The van der Waals surface area contributed by atoms with Crippen LogP contribution in [0.25, 0.3) is 11.4 Å². The third kappa shape index (κ3) is 3.25. The van der Waals surface area contributed by atoms with Crippen molar-refractivity contribution < 1.29 is 4.39 Å². The second-order valence-electron chi connectivity index (χ2n) is 5.79. The summed E-state index contributed by atoms with van der Waals surface area (Å²) in [5.41, 5.74) is 7.86. The number of anilines is 1. The monoisotopic (exact) mass is 300 g/mol. The number of hydrogen-bond donors (Lipinski definition) is 1. The minimum Gasteiger partial charge on any atom is -0.355 e. The van der Waals surface area contributed by atoms with Gasteiger partial charge in [-0.3, -0.25) is 0 Å². The van der Waals surface area contributed by atoms with Crippen LogP contribution in [0.5, 0.6) is 0 Å². The minimum absolute atomic E-state index is 0.207. The largest absolute Gasteiger partial charge is 0.355 e. The lowest BCUT2D eigenvalue weighted by molar-refractivity contribution is 0.628. The first kappa shape index (κ1) is 14.9. The molecule has 1 aromatic heterocycles. The molecule has 1 aliphatic heterocycles. The quantitative estimate of drug-likeness (QED) is 0.943. The van der Waals surface area contributed by atoms with Crippen molar-refractivity contribution in [2.45, 2.75) is 32.2 Å². The molecule has 2 aromatic rings. The second-order valence-corrected chi connectivity index (χ2v) is 5.79. The van der Waals surface area contributed by atoms with Crippen LogP contribution in [-0.4, -0.2) is 29.1 Å². The van der Waals surface area contributed by atoms with Crippen LogP contribution in [-0.2, 0) is 6.42 Å². The standard InChI is InChI=1S/C17H21FN4/c1-2-3-15-10-16(22-9-8-14(19)11-22)21-17(20-15)12-4-6-13(18)7-5-12/h4-7,10,14H,2-3,8-9,11,19H2,1H3. The SMILES string of the molecule is CCCc1cc(N2CCC(N)C2)nc(-c2ccc(F)cc2)n1. The molecular formula is C17H21FN4. The number of hydrogen-bond acceptors (Lipinski definition) is 4. The van der Waals surface area contributed by atoms with Crippen molar-refractivity contribution in [3.8, 4) is 11.4 Å². The van der Waals surface area contributed by atoms with Gasteiger partial charge in [0.05, 0.1) is 0 Å². The molecule has 1 aliphatic rings. The van der Waals surface area contributed by atoms with Crippen LogP contribution in [0.15, 0.2) is 30.3 Å². The van der Waals surface area contributed by atoms with E-state index in [0.717, 1.165) is 49.4 Å². The van der Waals surface area contributed by atoms with Crippen molar-refractivity contribution in [1.29, 1.82) is 0 Å². The molecule has 4 nitrogen and oxygen atoms in total. The van der Waals surface area contributed by atoms with E-state index in [-0.39, 0.29) is 11.9 Å². The lowest BCUT2D eigenvalue weighted by Gasteiger charge is -2.18. The summed E-state index contributed by atoms with van der Waals surface area (Å²) in [5, 5.41) is 0. The maximum Gasteiger partial charge on any atom is 0.161 e. The molecular weight excluding hydrogens is 279 g/mol. The number of nitrogens with zero attached hydrogens (tertiary/aromatic N) is 3. The van der Waals surface area contributed by atoms with Gasteiger partial charge in [0.1, 0.15) is 11.6 Å². The minimum atomic E-state index is -0.251. The molecule has 1 unspecified atom stereocenters. The Kier molecular flexibility index (Phi) is 4.34. The Hall–Kier alpha value is -2.01. The number of benzene rings is 1. The molecule has 0 amide bonds. The van der Waals surface area contributed by atoms with Crippen LogP contribution in [0.3, 0.4) is 0 Å². The van der Waals surface area contributed by atoms with Crippen molar-refractivity contribution in [3.05, 3.63) is 41.8 Å². The smallest absolute Gasteiger partial charge is 0.161 e. The van der Waals surface area contributed by atoms with Crippen LogP contribution in [0.1, 0.15) is 25.5 Å². The Morgan fingerprint density at radius 1 is 1.27 bits per heavy atom. The molecule has 3 rings (SSSR count). The van der Waals surface area contributed by atoms with Gasteiger partial charge >= 0.3 is 0 Å². The van der Waals surface area contributed by atoms with E-state index in [2.05, 4.69) is 27.9 Å². The van der Waals surface area contributed by atoms with Crippen LogP contribution >= 0.6 is 0 Å². The van der Waals surface area contributed by atoms with Gasteiger partial charge in [0.2, 0.25) is 0 Å². The van der Waals surface area contributed by atoms with E-state index in [9.17, 15) is 4.39 Å². The van der Waals surface area contributed by atoms with E-state index in [1.165, 1.54) is 12.1 Å². The summed E-state index contributed by atoms with van der Waals surface area (Å²) in [6, 6.07) is 8.58. The van der Waals surface area contributed by atoms with Gasteiger partial charge in [0, 0.05) is 36.5 Å². The fourth-order valence-electron chi connectivity index (χ4n) is 2.75. The van der Waals surface area contributed by atoms with Gasteiger partial charge in [-0.2, -0.15) is 0 Å². The Bertz CT molecular complexity index is 642. The van der Waals surface area contributed by atoms with Crippen molar-refractivity contribution in [2.75, 3.05) is 18.0 Å². The molecule has 2 heterocycles. The molecule has 0 spiro atoms. The third-order valence-electron chi connectivity index (χ3n) is 3.92. The number of halogens is 1. The molecule has 2 N–H and O–H groups in total. The number of aryl methyl sites for hydroxylation is 1. The Balaban J connectivity index is 1.98. The van der Waals surface area contributed by atoms with E-state index in [4.69, 9.17) is 5.73 Å². The molecule has 0 saturated carbocycles. The summed E-state index contributed by atoms with van der Waals surface area (Å²) < 4.78 is 13.1. The lowest BCUT2D eigenvalue weighted by Crippen LogP contribution is -2.27. The molecule has 22 heavy (non-hydrogen) atoms. The Labute approximate surface area is 130 Å².